The summed E-state index contributed by atoms with van der Waals surface area (Å²) in [5, 5.41) is 9.61. The van der Waals surface area contributed by atoms with Crippen LogP contribution in [0.1, 0.15) is 58.3 Å². The van der Waals surface area contributed by atoms with E-state index in [2.05, 4.69) is 6.92 Å². The molecule has 3 fully saturated rings. The number of carboxylic acid groups (broad SMARTS) is 1. The summed E-state index contributed by atoms with van der Waals surface area (Å²) in [6.45, 7) is 3.26. The van der Waals surface area contributed by atoms with E-state index in [1.807, 2.05) is 4.90 Å². The van der Waals surface area contributed by atoms with Gasteiger partial charge in [0.15, 0.2) is 0 Å². The predicted octanol–water partition coefficient (Wildman–Crippen LogP) is 2.67. The zero-order chi connectivity index (χ0) is 14.4. The molecule has 0 aromatic heterocycles. The van der Waals surface area contributed by atoms with Gasteiger partial charge < -0.3 is 10.0 Å². The van der Waals surface area contributed by atoms with Gasteiger partial charge in [-0.2, -0.15) is 0 Å². The first-order chi connectivity index (χ1) is 9.54. The van der Waals surface area contributed by atoms with Crippen molar-refractivity contribution in [2.75, 3.05) is 13.1 Å². The smallest absolute Gasteiger partial charge is 0.311 e. The number of rotatable bonds is 4. The molecule has 0 aromatic rings. The summed E-state index contributed by atoms with van der Waals surface area (Å²) >= 11 is 0. The predicted molar refractivity (Wildman–Crippen MR) is 75.2 cm³/mol. The number of carbonyl (C=O) groups excluding carboxylic acids is 1. The lowest BCUT2D eigenvalue weighted by Crippen LogP contribution is -2.48. The molecule has 112 valence electrons. The average Bonchev–Trinajstić information content (AvgIpc) is 2.90. The van der Waals surface area contributed by atoms with Gasteiger partial charge in [0.1, 0.15) is 0 Å². The van der Waals surface area contributed by atoms with Gasteiger partial charge >= 0.3 is 5.97 Å². The van der Waals surface area contributed by atoms with Gasteiger partial charge in [-0.1, -0.05) is 26.2 Å². The SMILES string of the molecule is CCCC1(C(=O)N2C[C@@H]3CCC[C@@]3(C(=O)O)C2)CCC1. The lowest BCUT2D eigenvalue weighted by molar-refractivity contribution is -0.151. The minimum absolute atomic E-state index is 0.146. The summed E-state index contributed by atoms with van der Waals surface area (Å²) in [4.78, 5) is 26.5. The number of fused-ring (bicyclic) bond motifs is 1. The molecule has 1 N–H and O–H groups in total. The third kappa shape index (κ3) is 1.80. The molecule has 20 heavy (non-hydrogen) atoms. The molecule has 0 radical (unpaired) electrons. The second-order valence-electron chi connectivity index (χ2n) is 7.12. The summed E-state index contributed by atoms with van der Waals surface area (Å²) in [7, 11) is 0. The second kappa shape index (κ2) is 4.74. The van der Waals surface area contributed by atoms with Crippen molar-refractivity contribution >= 4 is 11.9 Å². The minimum Gasteiger partial charge on any atom is -0.481 e. The van der Waals surface area contributed by atoms with Gasteiger partial charge in [-0.15, -0.1) is 0 Å². The van der Waals surface area contributed by atoms with Crippen LogP contribution < -0.4 is 0 Å². The number of nitrogens with zero attached hydrogens (tertiary/aromatic N) is 1. The molecule has 0 aromatic carbocycles. The first-order valence-corrected chi connectivity index (χ1v) is 8.07. The Kier molecular flexibility index (Phi) is 3.30. The zero-order valence-corrected chi connectivity index (χ0v) is 12.4. The Balaban J connectivity index is 1.77. The van der Waals surface area contributed by atoms with Crippen molar-refractivity contribution < 1.29 is 14.7 Å². The molecule has 0 unspecified atom stereocenters. The molecule has 0 bridgehead atoms. The van der Waals surface area contributed by atoms with Crippen LogP contribution in [0.4, 0.5) is 0 Å². The Morgan fingerprint density at radius 3 is 2.50 bits per heavy atom. The summed E-state index contributed by atoms with van der Waals surface area (Å²) in [5.41, 5.74) is -0.778. The summed E-state index contributed by atoms with van der Waals surface area (Å²) in [5.74, 6) is -0.253. The quantitative estimate of drug-likeness (QED) is 0.860. The Morgan fingerprint density at radius 1 is 1.25 bits per heavy atom. The largest absolute Gasteiger partial charge is 0.481 e. The molecule has 2 atom stereocenters. The standard InChI is InChI=1S/C16H25NO3/c1-2-6-15(7-4-8-15)13(18)17-10-12-5-3-9-16(12,11-17)14(19)20/h12H,2-11H2,1H3,(H,19,20)/t12-,16+/m0/s1. The number of amides is 1. The van der Waals surface area contributed by atoms with E-state index >= 15 is 0 Å². The van der Waals surface area contributed by atoms with Gasteiger partial charge in [-0.25, -0.2) is 0 Å². The van der Waals surface area contributed by atoms with Crippen molar-refractivity contribution in [1.82, 2.24) is 4.90 Å². The van der Waals surface area contributed by atoms with E-state index in [4.69, 9.17) is 0 Å². The van der Waals surface area contributed by atoms with Crippen molar-refractivity contribution in [1.29, 1.82) is 0 Å². The van der Waals surface area contributed by atoms with E-state index in [1.54, 1.807) is 0 Å². The van der Waals surface area contributed by atoms with Crippen LogP contribution in [0, 0.1) is 16.7 Å². The molecule has 1 heterocycles. The van der Waals surface area contributed by atoms with Crippen LogP contribution >= 0.6 is 0 Å². The van der Waals surface area contributed by atoms with Gasteiger partial charge in [0.25, 0.3) is 0 Å². The Hall–Kier alpha value is -1.06. The lowest BCUT2D eigenvalue weighted by Gasteiger charge is -2.43. The maximum atomic E-state index is 12.9. The monoisotopic (exact) mass is 279 g/mol. The van der Waals surface area contributed by atoms with Crippen molar-refractivity contribution in [2.45, 2.75) is 58.3 Å². The molecule has 1 aliphatic heterocycles. The lowest BCUT2D eigenvalue weighted by atomic mass is 9.65. The van der Waals surface area contributed by atoms with E-state index in [1.165, 1.54) is 0 Å². The van der Waals surface area contributed by atoms with Gasteiger partial charge in [0.2, 0.25) is 5.91 Å². The fourth-order valence-electron chi connectivity index (χ4n) is 4.78. The third-order valence-corrected chi connectivity index (χ3v) is 6.08. The maximum Gasteiger partial charge on any atom is 0.311 e. The number of aliphatic carboxylic acids is 1. The summed E-state index contributed by atoms with van der Waals surface area (Å²) in [6, 6.07) is 0. The van der Waals surface area contributed by atoms with Crippen LogP contribution in [0.5, 0.6) is 0 Å². The Bertz CT molecular complexity index is 429. The van der Waals surface area contributed by atoms with Gasteiger partial charge in [-0.3, -0.25) is 9.59 Å². The molecule has 1 amide bonds. The van der Waals surface area contributed by atoms with Crippen LogP contribution in [0.2, 0.25) is 0 Å². The number of hydrogen-bond acceptors (Lipinski definition) is 2. The fraction of sp³-hybridized carbons (Fsp3) is 0.875. The molecule has 3 aliphatic rings. The van der Waals surface area contributed by atoms with E-state index in [0.29, 0.717) is 13.1 Å². The van der Waals surface area contributed by atoms with Gasteiger partial charge in [0.05, 0.1) is 5.41 Å². The van der Waals surface area contributed by atoms with E-state index in [9.17, 15) is 14.7 Å². The van der Waals surface area contributed by atoms with Crippen LogP contribution in [-0.4, -0.2) is 35.0 Å². The van der Waals surface area contributed by atoms with Crippen LogP contribution in [-0.2, 0) is 9.59 Å². The Morgan fingerprint density at radius 2 is 2.00 bits per heavy atom. The molecular weight excluding hydrogens is 254 g/mol. The highest BCUT2D eigenvalue weighted by atomic mass is 16.4. The molecule has 0 spiro atoms. The number of likely N-dealkylation sites (tertiary alicyclic amines) is 1. The molecule has 3 rings (SSSR count). The zero-order valence-electron chi connectivity index (χ0n) is 12.4. The second-order valence-corrected chi connectivity index (χ2v) is 7.12. The highest BCUT2D eigenvalue weighted by Crippen LogP contribution is 2.52. The van der Waals surface area contributed by atoms with Crippen LogP contribution in [0.25, 0.3) is 0 Å². The first-order valence-electron chi connectivity index (χ1n) is 8.07. The van der Waals surface area contributed by atoms with Gasteiger partial charge in [0, 0.05) is 18.5 Å². The van der Waals surface area contributed by atoms with Crippen LogP contribution in [0.15, 0.2) is 0 Å². The number of hydrogen-bond donors (Lipinski definition) is 1. The highest BCUT2D eigenvalue weighted by Gasteiger charge is 2.58. The molecule has 2 saturated carbocycles. The topological polar surface area (TPSA) is 57.6 Å². The van der Waals surface area contributed by atoms with Crippen molar-refractivity contribution in [3.63, 3.8) is 0 Å². The summed E-state index contributed by atoms with van der Waals surface area (Å²) < 4.78 is 0. The molecule has 4 nitrogen and oxygen atoms in total. The van der Waals surface area contributed by atoms with E-state index < -0.39 is 11.4 Å². The highest BCUT2D eigenvalue weighted by molar-refractivity contribution is 5.86. The first kappa shape index (κ1) is 13.9. The fourth-order valence-corrected chi connectivity index (χ4v) is 4.78. The molecule has 4 heteroatoms. The van der Waals surface area contributed by atoms with Crippen molar-refractivity contribution in [3.05, 3.63) is 0 Å². The van der Waals surface area contributed by atoms with Gasteiger partial charge in [-0.05, 0) is 38.0 Å². The number of carboxylic acids is 1. The third-order valence-electron chi connectivity index (χ3n) is 6.08. The molecule has 2 aliphatic carbocycles. The van der Waals surface area contributed by atoms with Crippen molar-refractivity contribution in [3.8, 4) is 0 Å². The summed E-state index contributed by atoms with van der Waals surface area (Å²) in [6.07, 6.45) is 7.86. The molecular formula is C16H25NO3. The number of carbonyl (C=O) groups is 2. The van der Waals surface area contributed by atoms with Crippen molar-refractivity contribution in [2.24, 2.45) is 16.7 Å². The minimum atomic E-state index is -0.687. The van der Waals surface area contributed by atoms with Crippen LogP contribution in [0.3, 0.4) is 0 Å². The Labute approximate surface area is 120 Å². The normalized spacial score (nSPS) is 34.6. The van der Waals surface area contributed by atoms with E-state index in [0.717, 1.165) is 51.4 Å². The average molecular weight is 279 g/mol. The molecule has 1 saturated heterocycles. The van der Waals surface area contributed by atoms with E-state index in [-0.39, 0.29) is 17.2 Å². The maximum absolute atomic E-state index is 12.9.